The van der Waals surface area contributed by atoms with Crippen LogP contribution in [0.4, 0.5) is 0 Å². The molecule has 0 aromatic heterocycles. The van der Waals surface area contributed by atoms with Gasteiger partial charge in [0.2, 0.25) is 0 Å². The summed E-state index contributed by atoms with van der Waals surface area (Å²) in [6.07, 6.45) is 12.3. The highest BCUT2D eigenvalue weighted by molar-refractivity contribution is 4.68. The van der Waals surface area contributed by atoms with Gasteiger partial charge in [0.15, 0.2) is 0 Å². The first-order valence-corrected chi connectivity index (χ1v) is 7.23. The van der Waals surface area contributed by atoms with Crippen LogP contribution < -0.4 is 0 Å². The molecule has 2 N–H and O–H groups in total. The lowest BCUT2D eigenvalue weighted by Crippen LogP contribution is -2.10. The van der Waals surface area contributed by atoms with Crippen LogP contribution in [0.5, 0.6) is 0 Å². The topological polar surface area (TPSA) is 53.0 Å². The molecule has 0 bridgehead atoms. The van der Waals surface area contributed by atoms with Crippen molar-refractivity contribution >= 4 is 0 Å². The minimum atomic E-state index is -0.500. The van der Waals surface area contributed by atoms with Crippen molar-refractivity contribution in [2.45, 2.75) is 76.4 Å². The van der Waals surface area contributed by atoms with Crippen LogP contribution in [0.1, 0.15) is 64.2 Å². The summed E-state index contributed by atoms with van der Waals surface area (Å²) >= 11 is 0. The molecule has 17 heavy (non-hydrogen) atoms. The van der Waals surface area contributed by atoms with Crippen LogP contribution in [0, 0.1) is 0 Å². The molecule has 1 fully saturated rings. The monoisotopic (exact) mass is 244 g/mol. The zero-order valence-electron chi connectivity index (χ0n) is 10.9. The fraction of sp³-hybridized carbons (Fsp3) is 1.00. The van der Waals surface area contributed by atoms with E-state index >= 15 is 0 Å². The molecule has 0 amide bonds. The third-order valence-corrected chi connectivity index (χ3v) is 3.43. The van der Waals surface area contributed by atoms with Crippen molar-refractivity contribution in [3.8, 4) is 0 Å². The molecule has 0 aliphatic carbocycles. The Morgan fingerprint density at radius 2 is 1.47 bits per heavy atom. The summed E-state index contributed by atoms with van der Waals surface area (Å²) in [5.41, 5.74) is 0. The van der Waals surface area contributed by atoms with Gasteiger partial charge in [0, 0.05) is 0 Å². The first-order valence-electron chi connectivity index (χ1n) is 7.23. The highest BCUT2D eigenvalue weighted by atomic mass is 16.6. The van der Waals surface area contributed by atoms with E-state index < -0.39 is 6.10 Å². The molecule has 2 atom stereocenters. The number of unbranched alkanes of at least 4 members (excludes halogenated alkanes) is 7. The lowest BCUT2D eigenvalue weighted by molar-refractivity contribution is 0.0860. The number of aliphatic hydroxyl groups excluding tert-OH is 2. The quantitative estimate of drug-likeness (QED) is 0.410. The summed E-state index contributed by atoms with van der Waals surface area (Å²) in [5.74, 6) is 0. The van der Waals surface area contributed by atoms with E-state index in [-0.39, 0.29) is 6.61 Å². The first-order chi connectivity index (χ1) is 8.33. The second-order valence-corrected chi connectivity index (χ2v) is 5.20. The Kier molecular flexibility index (Phi) is 8.67. The maximum Gasteiger partial charge on any atom is 0.0810 e. The van der Waals surface area contributed by atoms with Crippen molar-refractivity contribution in [3.05, 3.63) is 0 Å². The molecule has 0 aromatic rings. The molecule has 3 nitrogen and oxygen atoms in total. The molecule has 0 aromatic carbocycles. The molecular formula is C14H28O3. The van der Waals surface area contributed by atoms with E-state index in [0.717, 1.165) is 19.4 Å². The number of aliphatic hydroxyl groups is 2. The van der Waals surface area contributed by atoms with Crippen molar-refractivity contribution in [1.82, 2.24) is 0 Å². The Labute approximate surface area is 105 Å². The minimum absolute atomic E-state index is 0.0926. The summed E-state index contributed by atoms with van der Waals surface area (Å²) in [6, 6.07) is 0. The Balaban J connectivity index is 1.66. The van der Waals surface area contributed by atoms with Crippen LogP contribution in [0.2, 0.25) is 0 Å². The van der Waals surface area contributed by atoms with Crippen LogP contribution in [0.15, 0.2) is 0 Å². The molecule has 1 heterocycles. The standard InChI is InChI=1S/C14H28O3/c15-11-13(16)9-7-5-3-1-2-4-6-8-10-14-12-17-14/h13-16H,1-12H2. The molecule has 102 valence electrons. The van der Waals surface area contributed by atoms with Gasteiger partial charge in [-0.2, -0.15) is 0 Å². The Bertz CT molecular complexity index is 169. The van der Waals surface area contributed by atoms with Crippen LogP contribution in [-0.2, 0) is 4.74 Å². The molecular weight excluding hydrogens is 216 g/mol. The van der Waals surface area contributed by atoms with E-state index in [1.807, 2.05) is 0 Å². The Morgan fingerprint density at radius 1 is 0.941 bits per heavy atom. The van der Waals surface area contributed by atoms with E-state index in [1.165, 1.54) is 51.4 Å². The normalized spacial score (nSPS) is 20.5. The number of ether oxygens (including phenoxy) is 1. The van der Waals surface area contributed by atoms with Crippen LogP contribution in [0.3, 0.4) is 0 Å². The average Bonchev–Trinajstić information content (AvgIpc) is 3.15. The average molecular weight is 244 g/mol. The minimum Gasteiger partial charge on any atom is -0.394 e. The van der Waals surface area contributed by atoms with Crippen molar-refractivity contribution in [3.63, 3.8) is 0 Å². The summed E-state index contributed by atoms with van der Waals surface area (Å²) < 4.78 is 5.17. The van der Waals surface area contributed by atoms with E-state index in [1.54, 1.807) is 0 Å². The number of epoxide rings is 1. The van der Waals surface area contributed by atoms with Gasteiger partial charge in [-0.05, 0) is 12.8 Å². The van der Waals surface area contributed by atoms with E-state index in [9.17, 15) is 0 Å². The van der Waals surface area contributed by atoms with E-state index in [4.69, 9.17) is 14.9 Å². The fourth-order valence-electron chi connectivity index (χ4n) is 2.14. The van der Waals surface area contributed by atoms with Crippen molar-refractivity contribution in [2.75, 3.05) is 13.2 Å². The van der Waals surface area contributed by atoms with Gasteiger partial charge in [-0.25, -0.2) is 0 Å². The fourth-order valence-corrected chi connectivity index (χ4v) is 2.14. The van der Waals surface area contributed by atoms with Gasteiger partial charge in [0.25, 0.3) is 0 Å². The summed E-state index contributed by atoms with van der Waals surface area (Å²) in [5, 5.41) is 17.8. The molecule has 0 spiro atoms. The van der Waals surface area contributed by atoms with Gasteiger partial charge in [0.1, 0.15) is 0 Å². The van der Waals surface area contributed by atoms with Gasteiger partial charge >= 0.3 is 0 Å². The van der Waals surface area contributed by atoms with Crippen molar-refractivity contribution < 1.29 is 14.9 Å². The summed E-state index contributed by atoms with van der Waals surface area (Å²) in [6.45, 7) is 0.907. The van der Waals surface area contributed by atoms with Gasteiger partial charge in [0.05, 0.1) is 25.4 Å². The van der Waals surface area contributed by atoms with Crippen LogP contribution >= 0.6 is 0 Å². The molecule has 1 saturated heterocycles. The van der Waals surface area contributed by atoms with Crippen LogP contribution in [0.25, 0.3) is 0 Å². The van der Waals surface area contributed by atoms with Crippen molar-refractivity contribution in [2.24, 2.45) is 0 Å². The molecule has 1 aliphatic heterocycles. The van der Waals surface area contributed by atoms with Gasteiger partial charge in [-0.15, -0.1) is 0 Å². The SMILES string of the molecule is OCC(O)CCCCCCCCCCC1CO1. The van der Waals surface area contributed by atoms with Gasteiger partial charge in [-0.3, -0.25) is 0 Å². The number of hydrogen-bond acceptors (Lipinski definition) is 3. The van der Waals surface area contributed by atoms with Gasteiger partial charge < -0.3 is 14.9 Å². The largest absolute Gasteiger partial charge is 0.394 e. The maximum absolute atomic E-state index is 9.15. The molecule has 1 rings (SSSR count). The molecule has 0 saturated carbocycles. The lowest BCUT2D eigenvalue weighted by Gasteiger charge is -2.06. The second-order valence-electron chi connectivity index (χ2n) is 5.20. The zero-order chi connectivity index (χ0) is 12.3. The number of rotatable bonds is 12. The van der Waals surface area contributed by atoms with Gasteiger partial charge in [-0.1, -0.05) is 51.4 Å². The summed E-state index contributed by atoms with van der Waals surface area (Å²) in [4.78, 5) is 0. The smallest absolute Gasteiger partial charge is 0.0810 e. The Hall–Kier alpha value is -0.120. The zero-order valence-corrected chi connectivity index (χ0v) is 10.9. The highest BCUT2D eigenvalue weighted by Crippen LogP contribution is 2.18. The van der Waals surface area contributed by atoms with E-state index in [2.05, 4.69) is 0 Å². The van der Waals surface area contributed by atoms with E-state index in [0.29, 0.717) is 6.10 Å². The summed E-state index contributed by atoms with van der Waals surface area (Å²) in [7, 11) is 0. The highest BCUT2D eigenvalue weighted by Gasteiger charge is 2.20. The third kappa shape index (κ3) is 9.57. The first kappa shape index (κ1) is 14.9. The third-order valence-electron chi connectivity index (χ3n) is 3.43. The van der Waals surface area contributed by atoms with Crippen molar-refractivity contribution in [1.29, 1.82) is 0 Å². The predicted octanol–water partition coefficient (Wildman–Crippen LogP) is 2.64. The Morgan fingerprint density at radius 3 is 2.00 bits per heavy atom. The lowest BCUT2D eigenvalue weighted by atomic mass is 10.0. The number of hydrogen-bond donors (Lipinski definition) is 2. The molecule has 2 unspecified atom stereocenters. The molecule has 0 radical (unpaired) electrons. The predicted molar refractivity (Wildman–Crippen MR) is 69.0 cm³/mol. The molecule has 3 heteroatoms. The van der Waals surface area contributed by atoms with Crippen LogP contribution in [-0.4, -0.2) is 35.6 Å². The maximum atomic E-state index is 9.15. The molecule has 1 aliphatic rings. The second kappa shape index (κ2) is 9.86.